The molecule has 110 valence electrons. The van der Waals surface area contributed by atoms with Crippen molar-refractivity contribution in [2.24, 2.45) is 0 Å². The Kier molecular flexibility index (Phi) is 8.01. The number of methoxy groups -OCH3 is 2. The van der Waals surface area contributed by atoms with Crippen molar-refractivity contribution >= 4 is 11.8 Å². The topological polar surface area (TPSA) is 30.5 Å². The lowest BCUT2D eigenvalue weighted by molar-refractivity contribution is 0.354. The average Bonchev–Trinajstić information content (AvgIpc) is 2.46. The lowest BCUT2D eigenvalue weighted by Crippen LogP contribution is -2.30. The van der Waals surface area contributed by atoms with Gasteiger partial charge in [-0.25, -0.2) is 0 Å². The zero-order valence-electron chi connectivity index (χ0n) is 12.4. The normalized spacial score (nSPS) is 11.7. The highest BCUT2D eigenvalue weighted by atomic mass is 32.2. The summed E-state index contributed by atoms with van der Waals surface area (Å²) in [6, 6.07) is 6.47. The number of hydrogen-bond donors (Lipinski definition) is 1. The van der Waals surface area contributed by atoms with Gasteiger partial charge in [-0.2, -0.15) is 0 Å². The Morgan fingerprint density at radius 3 is 2.70 bits per heavy atom. The van der Waals surface area contributed by atoms with E-state index in [1.54, 1.807) is 26.0 Å². The van der Waals surface area contributed by atoms with Crippen LogP contribution in [0.15, 0.2) is 18.2 Å². The van der Waals surface area contributed by atoms with Crippen LogP contribution >= 0.6 is 11.8 Å². The molecule has 0 amide bonds. The Balaban J connectivity index is 2.41. The van der Waals surface area contributed by atoms with E-state index in [2.05, 4.69) is 24.2 Å². The van der Waals surface area contributed by atoms with Crippen LogP contribution in [-0.2, 0) is 6.42 Å². The van der Waals surface area contributed by atoms with Crippen LogP contribution in [0.1, 0.15) is 12.5 Å². The highest BCUT2D eigenvalue weighted by Crippen LogP contribution is 2.27. The Labute approximate surface area is 126 Å². The van der Waals surface area contributed by atoms with Crippen molar-refractivity contribution in [1.82, 2.24) is 5.32 Å². The molecule has 0 saturated heterocycles. The summed E-state index contributed by atoms with van der Waals surface area (Å²) in [5, 5.41) is 3.49. The molecule has 0 saturated carbocycles. The van der Waals surface area contributed by atoms with Gasteiger partial charge >= 0.3 is 0 Å². The Bertz CT molecular complexity index is 443. The molecule has 0 bridgehead atoms. The van der Waals surface area contributed by atoms with Gasteiger partial charge in [0.2, 0.25) is 0 Å². The Morgan fingerprint density at radius 2 is 2.05 bits per heavy atom. The van der Waals surface area contributed by atoms with Crippen molar-refractivity contribution in [2.45, 2.75) is 19.4 Å². The molecule has 3 nitrogen and oxygen atoms in total. The Morgan fingerprint density at radius 1 is 1.30 bits per heavy atom. The fourth-order valence-electron chi connectivity index (χ4n) is 1.94. The van der Waals surface area contributed by atoms with Crippen molar-refractivity contribution in [3.05, 3.63) is 23.8 Å². The summed E-state index contributed by atoms with van der Waals surface area (Å²) in [6.07, 6.45) is 6.17. The largest absolute Gasteiger partial charge is 0.493 e. The molecule has 0 radical (unpaired) electrons. The first-order chi connectivity index (χ1) is 9.71. The number of hydrogen-bond acceptors (Lipinski definition) is 4. The lowest BCUT2D eigenvalue weighted by Gasteiger charge is -2.15. The zero-order valence-corrected chi connectivity index (χ0v) is 13.3. The molecule has 0 aliphatic carbocycles. The second-order valence-corrected chi connectivity index (χ2v) is 5.61. The van der Waals surface area contributed by atoms with Gasteiger partial charge in [0.1, 0.15) is 0 Å². The van der Waals surface area contributed by atoms with Crippen LogP contribution in [0.25, 0.3) is 0 Å². The van der Waals surface area contributed by atoms with Crippen molar-refractivity contribution < 1.29 is 9.47 Å². The Hall–Kier alpha value is -1.31. The fraction of sp³-hybridized carbons (Fsp3) is 0.500. The van der Waals surface area contributed by atoms with Crippen LogP contribution in [0.5, 0.6) is 11.5 Å². The van der Waals surface area contributed by atoms with Gasteiger partial charge in [0.15, 0.2) is 11.5 Å². The van der Waals surface area contributed by atoms with Crippen molar-refractivity contribution in [3.63, 3.8) is 0 Å². The minimum absolute atomic E-state index is 0.416. The van der Waals surface area contributed by atoms with Crippen LogP contribution in [0.3, 0.4) is 0 Å². The second-order valence-electron chi connectivity index (χ2n) is 4.51. The van der Waals surface area contributed by atoms with Gasteiger partial charge in [-0.05, 0) is 31.0 Å². The molecule has 1 N–H and O–H groups in total. The van der Waals surface area contributed by atoms with Crippen LogP contribution in [0, 0.1) is 12.3 Å². The predicted octanol–water partition coefficient (Wildman–Crippen LogP) is 2.59. The van der Waals surface area contributed by atoms with E-state index < -0.39 is 0 Å². The highest BCUT2D eigenvalue weighted by molar-refractivity contribution is 7.99. The maximum absolute atomic E-state index is 5.32. The molecule has 0 aliphatic rings. The van der Waals surface area contributed by atoms with E-state index in [0.717, 1.165) is 36.0 Å². The number of ether oxygens (including phenoxy) is 2. The quantitative estimate of drug-likeness (QED) is 0.560. The van der Waals surface area contributed by atoms with E-state index in [9.17, 15) is 0 Å². The van der Waals surface area contributed by atoms with E-state index in [1.807, 2.05) is 12.1 Å². The number of benzene rings is 1. The van der Waals surface area contributed by atoms with Gasteiger partial charge in [-0.3, -0.25) is 0 Å². The van der Waals surface area contributed by atoms with Gasteiger partial charge in [-0.15, -0.1) is 18.2 Å². The summed E-state index contributed by atoms with van der Waals surface area (Å²) in [4.78, 5) is 0. The summed E-state index contributed by atoms with van der Waals surface area (Å²) >= 11 is 1.78. The molecular weight excluding hydrogens is 270 g/mol. The summed E-state index contributed by atoms with van der Waals surface area (Å²) < 4.78 is 10.6. The SMILES string of the molecule is C#CCSCCNC(C)Cc1ccc(OC)c(OC)c1. The molecule has 0 aromatic heterocycles. The molecule has 0 fully saturated rings. The fourth-order valence-corrected chi connectivity index (χ4v) is 2.47. The summed E-state index contributed by atoms with van der Waals surface area (Å²) in [7, 11) is 3.31. The van der Waals surface area contributed by atoms with Gasteiger partial charge in [0.25, 0.3) is 0 Å². The molecule has 1 rings (SSSR count). The number of terminal acetylenes is 1. The first-order valence-corrected chi connectivity index (χ1v) is 7.82. The standard InChI is InChI=1S/C16H23NO2S/c1-5-9-20-10-8-17-13(2)11-14-6-7-15(18-3)16(12-14)19-4/h1,6-7,12-13,17H,8-11H2,2-4H3. The molecule has 20 heavy (non-hydrogen) atoms. The van der Waals surface area contributed by atoms with Crippen molar-refractivity contribution in [2.75, 3.05) is 32.3 Å². The van der Waals surface area contributed by atoms with E-state index in [4.69, 9.17) is 15.9 Å². The molecule has 4 heteroatoms. The van der Waals surface area contributed by atoms with E-state index in [0.29, 0.717) is 6.04 Å². The van der Waals surface area contributed by atoms with E-state index >= 15 is 0 Å². The maximum Gasteiger partial charge on any atom is 0.160 e. The summed E-state index contributed by atoms with van der Waals surface area (Å²) in [5.74, 6) is 6.00. The zero-order chi connectivity index (χ0) is 14.8. The second kappa shape index (κ2) is 9.57. The average molecular weight is 293 g/mol. The third-order valence-corrected chi connectivity index (χ3v) is 3.78. The third-order valence-electron chi connectivity index (χ3n) is 2.91. The van der Waals surface area contributed by atoms with E-state index in [-0.39, 0.29) is 0 Å². The molecule has 1 aromatic carbocycles. The van der Waals surface area contributed by atoms with Crippen LogP contribution in [-0.4, -0.2) is 38.3 Å². The number of rotatable bonds is 9. The molecule has 1 unspecified atom stereocenters. The van der Waals surface area contributed by atoms with E-state index in [1.165, 1.54) is 5.56 Å². The third kappa shape index (κ3) is 5.77. The smallest absolute Gasteiger partial charge is 0.160 e. The van der Waals surface area contributed by atoms with Crippen molar-refractivity contribution in [3.8, 4) is 23.8 Å². The minimum Gasteiger partial charge on any atom is -0.493 e. The first-order valence-electron chi connectivity index (χ1n) is 6.66. The number of nitrogens with one attached hydrogen (secondary N) is 1. The van der Waals surface area contributed by atoms with Gasteiger partial charge in [-0.1, -0.05) is 12.0 Å². The minimum atomic E-state index is 0.416. The first kappa shape index (κ1) is 16.7. The number of thioether (sulfide) groups is 1. The molecule has 0 aliphatic heterocycles. The molecule has 0 heterocycles. The summed E-state index contributed by atoms with van der Waals surface area (Å²) in [6.45, 7) is 3.16. The van der Waals surface area contributed by atoms with Gasteiger partial charge < -0.3 is 14.8 Å². The molecule has 1 aromatic rings. The predicted molar refractivity (Wildman–Crippen MR) is 86.9 cm³/mol. The monoisotopic (exact) mass is 293 g/mol. The summed E-state index contributed by atoms with van der Waals surface area (Å²) in [5.41, 5.74) is 1.24. The lowest BCUT2D eigenvalue weighted by atomic mass is 10.1. The van der Waals surface area contributed by atoms with Gasteiger partial charge in [0, 0.05) is 18.3 Å². The van der Waals surface area contributed by atoms with Gasteiger partial charge in [0.05, 0.1) is 20.0 Å². The highest BCUT2D eigenvalue weighted by Gasteiger charge is 2.07. The van der Waals surface area contributed by atoms with Crippen molar-refractivity contribution in [1.29, 1.82) is 0 Å². The van der Waals surface area contributed by atoms with Crippen LogP contribution in [0.4, 0.5) is 0 Å². The maximum atomic E-state index is 5.32. The van der Waals surface area contributed by atoms with Crippen LogP contribution < -0.4 is 14.8 Å². The van der Waals surface area contributed by atoms with Crippen LogP contribution in [0.2, 0.25) is 0 Å². The molecule has 1 atom stereocenters. The molecular formula is C16H23NO2S. The molecule has 0 spiro atoms.